The maximum absolute atomic E-state index is 5.64. The number of ether oxygens (including phenoxy) is 1. The first-order valence-corrected chi connectivity index (χ1v) is 7.34. The fourth-order valence-corrected chi connectivity index (χ4v) is 2.64. The summed E-state index contributed by atoms with van der Waals surface area (Å²) in [7, 11) is 0. The van der Waals surface area contributed by atoms with Crippen LogP contribution in [0.4, 0.5) is 0 Å². The van der Waals surface area contributed by atoms with E-state index in [4.69, 9.17) is 4.74 Å². The normalized spacial score (nSPS) is 23.8. The van der Waals surface area contributed by atoms with Gasteiger partial charge < -0.3 is 15.4 Å². The first-order chi connectivity index (χ1) is 8.35. The van der Waals surface area contributed by atoms with Gasteiger partial charge in [0, 0.05) is 19.7 Å². The zero-order chi connectivity index (χ0) is 12.0. The Labute approximate surface area is 106 Å². The van der Waals surface area contributed by atoms with Crippen LogP contribution in [0.5, 0.6) is 0 Å². The van der Waals surface area contributed by atoms with Gasteiger partial charge in [0.05, 0.1) is 6.61 Å². The minimum atomic E-state index is 0.543. The van der Waals surface area contributed by atoms with Crippen LogP contribution in [0, 0.1) is 11.3 Å². The molecule has 3 heteroatoms. The molecule has 2 fully saturated rings. The van der Waals surface area contributed by atoms with Gasteiger partial charge in [0.2, 0.25) is 0 Å². The summed E-state index contributed by atoms with van der Waals surface area (Å²) in [5.74, 6) is 0.890. The Hall–Kier alpha value is -0.120. The SMILES string of the molecule is CCC1(CNCCOCC2CC2)CCNCC1. The molecule has 1 aliphatic carbocycles. The lowest BCUT2D eigenvalue weighted by Crippen LogP contribution is -2.43. The Balaban J connectivity index is 1.52. The third-order valence-corrected chi connectivity index (χ3v) is 4.39. The Morgan fingerprint density at radius 2 is 2.06 bits per heavy atom. The molecule has 2 aliphatic rings. The molecule has 0 amide bonds. The van der Waals surface area contributed by atoms with Gasteiger partial charge in [-0.05, 0) is 56.5 Å². The van der Waals surface area contributed by atoms with E-state index < -0.39 is 0 Å². The minimum Gasteiger partial charge on any atom is -0.380 e. The molecule has 0 aromatic rings. The Kier molecular flexibility index (Phi) is 5.26. The zero-order valence-corrected chi connectivity index (χ0v) is 11.3. The van der Waals surface area contributed by atoms with Gasteiger partial charge in [0.25, 0.3) is 0 Å². The molecule has 2 N–H and O–H groups in total. The lowest BCUT2D eigenvalue weighted by molar-refractivity contribution is 0.119. The van der Waals surface area contributed by atoms with Crippen molar-refractivity contribution >= 4 is 0 Å². The van der Waals surface area contributed by atoms with Crippen LogP contribution >= 0.6 is 0 Å². The van der Waals surface area contributed by atoms with Gasteiger partial charge in [0.15, 0.2) is 0 Å². The predicted octanol–water partition coefficient (Wildman–Crippen LogP) is 1.78. The van der Waals surface area contributed by atoms with Crippen molar-refractivity contribution in [3.63, 3.8) is 0 Å². The van der Waals surface area contributed by atoms with E-state index in [1.165, 1.54) is 45.2 Å². The van der Waals surface area contributed by atoms with Crippen LogP contribution in [-0.4, -0.2) is 39.4 Å². The molecule has 100 valence electrons. The largest absolute Gasteiger partial charge is 0.380 e. The van der Waals surface area contributed by atoms with Gasteiger partial charge in [-0.2, -0.15) is 0 Å². The molecule has 0 aromatic carbocycles. The van der Waals surface area contributed by atoms with Gasteiger partial charge in [0.1, 0.15) is 0 Å². The van der Waals surface area contributed by atoms with Crippen molar-refractivity contribution in [2.75, 3.05) is 39.4 Å². The van der Waals surface area contributed by atoms with Crippen LogP contribution in [0.2, 0.25) is 0 Å². The summed E-state index contributed by atoms with van der Waals surface area (Å²) in [5.41, 5.74) is 0.543. The van der Waals surface area contributed by atoms with Crippen LogP contribution in [0.1, 0.15) is 39.0 Å². The highest BCUT2D eigenvalue weighted by atomic mass is 16.5. The maximum Gasteiger partial charge on any atom is 0.0591 e. The summed E-state index contributed by atoms with van der Waals surface area (Å²) in [6, 6.07) is 0. The second-order valence-electron chi connectivity index (χ2n) is 5.80. The molecule has 1 heterocycles. The van der Waals surface area contributed by atoms with E-state index in [0.717, 1.165) is 32.2 Å². The highest BCUT2D eigenvalue weighted by molar-refractivity contribution is 4.85. The first kappa shape index (κ1) is 13.3. The molecule has 0 spiro atoms. The van der Waals surface area contributed by atoms with E-state index in [1.807, 2.05) is 0 Å². The number of hydrogen-bond acceptors (Lipinski definition) is 3. The maximum atomic E-state index is 5.64. The van der Waals surface area contributed by atoms with Crippen LogP contribution in [0.3, 0.4) is 0 Å². The monoisotopic (exact) mass is 240 g/mol. The third-order valence-electron chi connectivity index (χ3n) is 4.39. The van der Waals surface area contributed by atoms with Crippen LogP contribution in [-0.2, 0) is 4.74 Å². The quantitative estimate of drug-likeness (QED) is 0.635. The van der Waals surface area contributed by atoms with E-state index in [0.29, 0.717) is 5.41 Å². The van der Waals surface area contributed by atoms with Crippen LogP contribution < -0.4 is 10.6 Å². The predicted molar refractivity (Wildman–Crippen MR) is 71.2 cm³/mol. The fourth-order valence-electron chi connectivity index (χ4n) is 2.64. The topological polar surface area (TPSA) is 33.3 Å². The van der Waals surface area contributed by atoms with Gasteiger partial charge in [-0.25, -0.2) is 0 Å². The molecular weight excluding hydrogens is 212 g/mol. The smallest absolute Gasteiger partial charge is 0.0591 e. The summed E-state index contributed by atoms with van der Waals surface area (Å²) in [6.07, 6.45) is 6.71. The molecule has 0 atom stereocenters. The summed E-state index contributed by atoms with van der Waals surface area (Å²) < 4.78 is 5.64. The Morgan fingerprint density at radius 1 is 1.29 bits per heavy atom. The highest BCUT2D eigenvalue weighted by Crippen LogP contribution is 2.31. The third kappa shape index (κ3) is 4.57. The van der Waals surface area contributed by atoms with Crippen LogP contribution in [0.15, 0.2) is 0 Å². The fraction of sp³-hybridized carbons (Fsp3) is 1.00. The summed E-state index contributed by atoms with van der Waals surface area (Å²) in [6.45, 7) is 8.76. The second kappa shape index (κ2) is 6.72. The van der Waals surface area contributed by atoms with E-state index >= 15 is 0 Å². The van der Waals surface area contributed by atoms with Gasteiger partial charge >= 0.3 is 0 Å². The van der Waals surface area contributed by atoms with E-state index in [-0.39, 0.29) is 0 Å². The van der Waals surface area contributed by atoms with Crippen molar-refractivity contribution in [1.29, 1.82) is 0 Å². The minimum absolute atomic E-state index is 0.543. The molecule has 17 heavy (non-hydrogen) atoms. The van der Waals surface area contributed by atoms with E-state index in [1.54, 1.807) is 0 Å². The van der Waals surface area contributed by atoms with E-state index in [9.17, 15) is 0 Å². The highest BCUT2D eigenvalue weighted by Gasteiger charge is 2.29. The first-order valence-electron chi connectivity index (χ1n) is 7.34. The van der Waals surface area contributed by atoms with Crippen molar-refractivity contribution < 1.29 is 4.74 Å². The van der Waals surface area contributed by atoms with Crippen molar-refractivity contribution in [1.82, 2.24) is 10.6 Å². The van der Waals surface area contributed by atoms with E-state index in [2.05, 4.69) is 17.6 Å². The molecule has 1 saturated carbocycles. The van der Waals surface area contributed by atoms with Crippen molar-refractivity contribution in [3.05, 3.63) is 0 Å². The lowest BCUT2D eigenvalue weighted by Gasteiger charge is -2.37. The molecule has 0 unspecified atom stereocenters. The Bertz CT molecular complexity index is 210. The summed E-state index contributed by atoms with van der Waals surface area (Å²) in [5, 5.41) is 7.04. The number of piperidine rings is 1. The average Bonchev–Trinajstić information content (AvgIpc) is 3.19. The molecule has 0 aromatic heterocycles. The number of nitrogens with one attached hydrogen (secondary N) is 2. The molecule has 1 aliphatic heterocycles. The molecule has 0 radical (unpaired) electrons. The standard InChI is InChI=1S/C14H28N2O/c1-2-14(5-7-15-8-6-14)12-16-9-10-17-11-13-3-4-13/h13,15-16H,2-12H2,1H3. The number of hydrogen-bond donors (Lipinski definition) is 2. The molecule has 3 nitrogen and oxygen atoms in total. The van der Waals surface area contributed by atoms with Gasteiger partial charge in [-0.15, -0.1) is 0 Å². The van der Waals surface area contributed by atoms with Gasteiger partial charge in [-0.1, -0.05) is 6.92 Å². The van der Waals surface area contributed by atoms with Crippen molar-refractivity contribution in [2.24, 2.45) is 11.3 Å². The number of rotatable bonds is 8. The summed E-state index contributed by atoms with van der Waals surface area (Å²) in [4.78, 5) is 0. The molecular formula is C14H28N2O. The van der Waals surface area contributed by atoms with Crippen molar-refractivity contribution in [3.8, 4) is 0 Å². The lowest BCUT2D eigenvalue weighted by atomic mass is 9.76. The summed E-state index contributed by atoms with van der Waals surface area (Å²) >= 11 is 0. The zero-order valence-electron chi connectivity index (χ0n) is 11.3. The van der Waals surface area contributed by atoms with Crippen LogP contribution in [0.25, 0.3) is 0 Å². The Morgan fingerprint density at radius 3 is 2.71 bits per heavy atom. The molecule has 0 bridgehead atoms. The van der Waals surface area contributed by atoms with Gasteiger partial charge in [-0.3, -0.25) is 0 Å². The molecule has 2 rings (SSSR count). The van der Waals surface area contributed by atoms with Crippen molar-refractivity contribution in [2.45, 2.75) is 39.0 Å². The second-order valence-corrected chi connectivity index (χ2v) is 5.80. The molecule has 1 saturated heterocycles. The average molecular weight is 240 g/mol.